The van der Waals surface area contributed by atoms with E-state index in [1.807, 2.05) is 27.7 Å². The number of carbonyl (C=O) groups is 7. The maximum atomic E-state index is 14.8. The maximum Gasteiger partial charge on any atom is 0.227 e. The molecule has 2 N–H and O–H groups in total. The number of carbonyl (C=O) groups excluding carboxylic acids is 7. The minimum Gasteiger partial charge on any atom is -0.385 e. The summed E-state index contributed by atoms with van der Waals surface area (Å²) < 4.78 is 6.33. The Morgan fingerprint density at radius 1 is 0.879 bits per heavy atom. The Bertz CT molecular complexity index is 1770. The molecule has 1 aliphatic carbocycles. The van der Waals surface area contributed by atoms with Crippen molar-refractivity contribution in [1.82, 2.24) is 10.2 Å². The molecule has 4 rings (SSSR count). The number of ketones is 5. The van der Waals surface area contributed by atoms with Gasteiger partial charge in [-0.25, -0.2) is 0 Å². The Kier molecular flexibility index (Phi) is 17.7. The van der Waals surface area contributed by atoms with Crippen LogP contribution in [0.4, 0.5) is 0 Å². The van der Waals surface area contributed by atoms with Gasteiger partial charge in [0.1, 0.15) is 12.1 Å². The second-order valence-electron chi connectivity index (χ2n) is 17.0. The lowest BCUT2D eigenvalue weighted by Crippen LogP contribution is -2.47. The van der Waals surface area contributed by atoms with Crippen LogP contribution in [0.3, 0.4) is 0 Å². The average molecular weight is 819 g/mol. The van der Waals surface area contributed by atoms with E-state index in [1.54, 1.807) is 59.5 Å². The second-order valence-corrected chi connectivity index (χ2v) is 17.4. The molecule has 1 aliphatic heterocycles. The number of ether oxygens (including phenoxy) is 1. The van der Waals surface area contributed by atoms with E-state index in [1.165, 1.54) is 6.92 Å². The molecule has 1 saturated heterocycles. The van der Waals surface area contributed by atoms with Gasteiger partial charge in [0, 0.05) is 61.9 Å². The number of likely N-dealkylation sites (tertiary alicyclic amines) is 1. The van der Waals surface area contributed by atoms with Crippen molar-refractivity contribution in [1.29, 1.82) is 0 Å². The molecule has 0 aromatic heterocycles. The minimum absolute atomic E-state index is 0.0699. The topological polar surface area (TPSA) is 164 Å². The van der Waals surface area contributed by atoms with Gasteiger partial charge in [-0.2, -0.15) is 0 Å². The van der Waals surface area contributed by atoms with Gasteiger partial charge in [-0.1, -0.05) is 87.2 Å². The molecule has 2 amide bonds. The van der Waals surface area contributed by atoms with E-state index in [9.17, 15) is 38.7 Å². The number of nitrogens with one attached hydrogen (secondary N) is 1. The van der Waals surface area contributed by atoms with Crippen molar-refractivity contribution in [3.8, 4) is 0 Å². The number of nitrogens with zero attached hydrogens (tertiary/aromatic N) is 1. The monoisotopic (exact) mass is 818 g/mol. The Morgan fingerprint density at radius 3 is 2.12 bits per heavy atom. The van der Waals surface area contributed by atoms with Crippen molar-refractivity contribution >= 4 is 50.0 Å². The summed E-state index contributed by atoms with van der Waals surface area (Å²) in [6.07, 6.45) is 3.02. The molecular weight excluding hydrogens is 755 g/mol. The molecule has 2 aromatic carbocycles. The van der Waals surface area contributed by atoms with Crippen molar-refractivity contribution in [2.45, 2.75) is 142 Å². The van der Waals surface area contributed by atoms with Gasteiger partial charge in [-0.3, -0.25) is 33.6 Å². The molecule has 2 aliphatic rings. The molecule has 0 radical (unpaired) electrons. The molecule has 0 spiro atoms. The molecule has 316 valence electrons. The lowest BCUT2D eigenvalue weighted by Gasteiger charge is -2.34. The Morgan fingerprint density at radius 2 is 1.52 bits per heavy atom. The number of benzene rings is 2. The zero-order valence-electron chi connectivity index (χ0n) is 34.9. The summed E-state index contributed by atoms with van der Waals surface area (Å²) in [5.74, 6) is -3.92. The average Bonchev–Trinajstić information content (AvgIpc) is 3.63. The van der Waals surface area contributed by atoms with Crippen molar-refractivity contribution in [3.05, 3.63) is 71.3 Å². The first-order chi connectivity index (χ1) is 27.5. The highest BCUT2D eigenvalue weighted by molar-refractivity contribution is 7.18. The van der Waals surface area contributed by atoms with Crippen molar-refractivity contribution in [3.63, 3.8) is 0 Å². The first kappa shape index (κ1) is 46.8. The first-order valence-electron chi connectivity index (χ1n) is 21.0. The van der Waals surface area contributed by atoms with Crippen LogP contribution in [0.15, 0.2) is 54.6 Å². The summed E-state index contributed by atoms with van der Waals surface area (Å²) >= 11 is 0. The zero-order valence-corrected chi connectivity index (χ0v) is 36.0. The second kappa shape index (κ2) is 21.9. The fraction of sp³-hybridized carbons (Fsp3) is 0.587. The largest absolute Gasteiger partial charge is 0.385 e. The molecule has 12 heteroatoms. The molecule has 0 bridgehead atoms. The van der Waals surface area contributed by atoms with E-state index in [0.717, 1.165) is 32.1 Å². The van der Waals surface area contributed by atoms with E-state index < -0.39 is 53.4 Å². The van der Waals surface area contributed by atoms with Crippen LogP contribution in [0, 0.1) is 17.8 Å². The third-order valence-electron chi connectivity index (χ3n) is 11.4. The SMILES string of the molecule is CCCC(CC(=O)[C@@H]1C[C@@H](OC(C)(C)C)CN1C(=O)[C@@H](CC(=O)c1ccccc1C(C)=O)C1CCCCC1)C(O)C(=O)CCC(=O)N[C@H](C(=O)CP)c1ccccc1. The summed E-state index contributed by atoms with van der Waals surface area (Å²) in [7, 11) is 2.36. The van der Waals surface area contributed by atoms with Gasteiger partial charge in [0.2, 0.25) is 11.8 Å². The highest BCUT2D eigenvalue weighted by atomic mass is 31.0. The van der Waals surface area contributed by atoms with E-state index in [4.69, 9.17) is 4.74 Å². The predicted octanol–water partition coefficient (Wildman–Crippen LogP) is 6.83. The van der Waals surface area contributed by atoms with Crippen LogP contribution >= 0.6 is 9.24 Å². The van der Waals surface area contributed by atoms with E-state index >= 15 is 0 Å². The van der Waals surface area contributed by atoms with E-state index in [2.05, 4.69) is 14.6 Å². The van der Waals surface area contributed by atoms with Gasteiger partial charge in [-0.15, -0.1) is 9.24 Å². The number of rotatable bonds is 21. The highest BCUT2D eigenvalue weighted by Crippen LogP contribution is 2.37. The van der Waals surface area contributed by atoms with Gasteiger partial charge in [-0.05, 0) is 64.4 Å². The van der Waals surface area contributed by atoms with E-state index in [-0.39, 0.29) is 85.3 Å². The van der Waals surface area contributed by atoms with Crippen LogP contribution in [-0.4, -0.2) is 87.3 Å². The number of hydrogen-bond donors (Lipinski definition) is 2. The van der Waals surface area contributed by atoms with Crippen molar-refractivity contribution in [2.24, 2.45) is 17.8 Å². The predicted molar refractivity (Wildman–Crippen MR) is 225 cm³/mol. The van der Waals surface area contributed by atoms with Gasteiger partial charge in [0.05, 0.1) is 17.7 Å². The molecule has 58 heavy (non-hydrogen) atoms. The Balaban J connectivity index is 1.52. The number of Topliss-reactive ketones (excluding diaryl/α,β-unsaturated/α-hetero) is 5. The summed E-state index contributed by atoms with van der Waals surface area (Å²) in [5.41, 5.74) is 0.666. The molecule has 7 atom stereocenters. The third kappa shape index (κ3) is 13.0. The van der Waals surface area contributed by atoms with Crippen molar-refractivity contribution < 1.29 is 43.4 Å². The molecule has 11 nitrogen and oxygen atoms in total. The number of hydrogen-bond acceptors (Lipinski definition) is 9. The van der Waals surface area contributed by atoms with Crippen LogP contribution in [0.5, 0.6) is 0 Å². The fourth-order valence-corrected chi connectivity index (χ4v) is 8.85. The van der Waals surface area contributed by atoms with E-state index in [0.29, 0.717) is 24.0 Å². The maximum absolute atomic E-state index is 14.8. The van der Waals surface area contributed by atoms with Gasteiger partial charge in [0.25, 0.3) is 0 Å². The normalized spacial score (nSPS) is 19.5. The Hall–Kier alpha value is -3.92. The van der Waals surface area contributed by atoms with Crippen LogP contribution in [0.1, 0.15) is 144 Å². The summed E-state index contributed by atoms with van der Waals surface area (Å²) in [5, 5.41) is 14.1. The quantitative estimate of drug-likeness (QED) is 0.102. The van der Waals surface area contributed by atoms with Crippen LogP contribution in [-0.2, 0) is 28.7 Å². The fourth-order valence-electron chi connectivity index (χ4n) is 8.61. The molecule has 2 fully saturated rings. The van der Waals surface area contributed by atoms with Gasteiger partial charge < -0.3 is 20.1 Å². The van der Waals surface area contributed by atoms with Crippen LogP contribution < -0.4 is 5.32 Å². The molecule has 2 aromatic rings. The van der Waals surface area contributed by atoms with Crippen LogP contribution in [0.25, 0.3) is 0 Å². The molecule has 1 saturated carbocycles. The third-order valence-corrected chi connectivity index (χ3v) is 11.8. The lowest BCUT2D eigenvalue weighted by atomic mass is 9.76. The molecule has 3 unspecified atom stereocenters. The van der Waals surface area contributed by atoms with Crippen molar-refractivity contribution in [2.75, 3.05) is 12.7 Å². The highest BCUT2D eigenvalue weighted by Gasteiger charge is 2.46. The standard InChI is InChI=1S/C46H63N2O9P/c1-6-15-32(44(55)38(50)22-23-42(54)47-43(41(53)28-58)31-18-11-8-12-19-31)24-40(52)37-25-33(57-46(3,4)5)27-48(37)45(56)36(30-16-9-7-10-17-30)26-39(51)35-21-14-13-20-34(35)29(2)49/h8,11-14,18-21,30,32-33,36-37,43-44,55H,6-7,9-10,15-17,22-28,58H2,1-5H3,(H,47,54)/t32?,33-,36+,37+,43+,44?/m1/s1. The smallest absolute Gasteiger partial charge is 0.227 e. The molecule has 1 heterocycles. The number of aliphatic hydroxyl groups excluding tert-OH is 1. The first-order valence-corrected chi connectivity index (χ1v) is 21.8. The number of aliphatic hydroxyl groups is 1. The summed E-state index contributed by atoms with van der Waals surface area (Å²) in [6, 6.07) is 13.7. The summed E-state index contributed by atoms with van der Waals surface area (Å²) in [6.45, 7) is 9.19. The Labute approximate surface area is 346 Å². The van der Waals surface area contributed by atoms with Gasteiger partial charge >= 0.3 is 0 Å². The van der Waals surface area contributed by atoms with Crippen LogP contribution in [0.2, 0.25) is 0 Å². The number of amides is 2. The van der Waals surface area contributed by atoms with Gasteiger partial charge in [0.15, 0.2) is 28.9 Å². The molecular formula is C46H63N2O9P. The lowest BCUT2D eigenvalue weighted by molar-refractivity contribution is -0.144. The summed E-state index contributed by atoms with van der Waals surface area (Å²) in [4.78, 5) is 96.1. The minimum atomic E-state index is -1.52. The zero-order chi connectivity index (χ0) is 42.6.